The van der Waals surface area contributed by atoms with Gasteiger partial charge in [-0.25, -0.2) is 9.97 Å². The molecule has 1 aliphatic heterocycles. The lowest BCUT2D eigenvalue weighted by atomic mass is 9.83. The first kappa shape index (κ1) is 30.0. The minimum Gasteiger partial charge on any atom is -0.507 e. The number of carbonyl (C=O) groups is 2. The lowest BCUT2D eigenvalue weighted by Crippen LogP contribution is -2.41. The van der Waals surface area contributed by atoms with Crippen LogP contribution in [0.2, 0.25) is 0 Å². The molecule has 0 atom stereocenters. The minimum absolute atomic E-state index is 0.0273. The monoisotopic (exact) mass is 587 g/mol. The summed E-state index contributed by atoms with van der Waals surface area (Å²) < 4.78 is 7.49. The summed E-state index contributed by atoms with van der Waals surface area (Å²) in [5.74, 6) is -0.0261. The molecular formula is C32H37N5O6. The van der Waals surface area contributed by atoms with Gasteiger partial charge < -0.3 is 29.5 Å². The number of pyridine rings is 1. The maximum atomic E-state index is 13.4. The topological polar surface area (TPSA) is 150 Å². The molecule has 0 radical (unpaired) electrons. The zero-order valence-electron chi connectivity index (χ0n) is 24.7. The number of aromatic nitrogens is 3. The number of phenolic OH excluding ortho intramolecular Hbond substituents is 1. The van der Waals surface area contributed by atoms with Gasteiger partial charge in [-0.15, -0.1) is 0 Å². The van der Waals surface area contributed by atoms with Crippen LogP contribution in [0, 0.1) is 5.92 Å². The average Bonchev–Trinajstić information content (AvgIpc) is 3.27. The Labute approximate surface area is 249 Å². The van der Waals surface area contributed by atoms with E-state index >= 15 is 0 Å². The number of phenols is 1. The van der Waals surface area contributed by atoms with Crippen LogP contribution in [-0.2, 0) is 6.54 Å². The first-order valence-electron chi connectivity index (χ1n) is 14.2. The van der Waals surface area contributed by atoms with Gasteiger partial charge in [0.1, 0.15) is 11.5 Å². The van der Waals surface area contributed by atoms with E-state index < -0.39 is 17.1 Å². The fraction of sp³-hybridized carbons (Fsp3) is 0.375. The van der Waals surface area contributed by atoms with Gasteiger partial charge in [-0.2, -0.15) is 0 Å². The van der Waals surface area contributed by atoms with Gasteiger partial charge >= 0.3 is 0 Å². The van der Waals surface area contributed by atoms with E-state index in [2.05, 4.69) is 20.2 Å². The van der Waals surface area contributed by atoms with E-state index in [1.165, 1.54) is 36.5 Å². The smallest absolute Gasteiger partial charge is 0.258 e. The molecule has 43 heavy (non-hydrogen) atoms. The maximum absolute atomic E-state index is 13.4. The summed E-state index contributed by atoms with van der Waals surface area (Å²) in [6.07, 6.45) is 3.65. The highest BCUT2D eigenvalue weighted by molar-refractivity contribution is 6.04. The summed E-state index contributed by atoms with van der Waals surface area (Å²) in [4.78, 5) is 35.9. The largest absolute Gasteiger partial charge is 0.507 e. The van der Waals surface area contributed by atoms with Gasteiger partial charge in [0.25, 0.3) is 5.91 Å². The van der Waals surface area contributed by atoms with Crippen molar-refractivity contribution < 1.29 is 29.6 Å². The van der Waals surface area contributed by atoms with Crippen LogP contribution in [0.15, 0.2) is 54.7 Å². The van der Waals surface area contributed by atoms with Crippen molar-refractivity contribution in [2.75, 3.05) is 23.3 Å². The zero-order chi connectivity index (χ0) is 30.9. The number of hydrogen-bond acceptors (Lipinski definition) is 9. The Hall–Kier alpha value is -4.48. The summed E-state index contributed by atoms with van der Waals surface area (Å²) in [6.45, 7) is 8.92. The summed E-state index contributed by atoms with van der Waals surface area (Å²) >= 11 is 0. The number of imidazole rings is 1. The van der Waals surface area contributed by atoms with Crippen LogP contribution in [0.5, 0.6) is 17.4 Å². The number of ether oxygens (including phenoxy) is 1. The number of aliphatic hydroxyl groups is 2. The number of benzene rings is 2. The number of amides is 1. The van der Waals surface area contributed by atoms with E-state index in [1.807, 2.05) is 32.0 Å². The second-order valence-corrected chi connectivity index (χ2v) is 12.2. The fourth-order valence-electron chi connectivity index (χ4n) is 5.43. The predicted molar refractivity (Wildman–Crippen MR) is 163 cm³/mol. The van der Waals surface area contributed by atoms with Gasteiger partial charge in [-0.3, -0.25) is 14.9 Å². The molecule has 2 aromatic carbocycles. The number of anilines is 2. The molecular weight excluding hydrogens is 550 g/mol. The van der Waals surface area contributed by atoms with Crippen LogP contribution in [0.25, 0.3) is 11.0 Å². The molecule has 4 aromatic rings. The first-order chi connectivity index (χ1) is 20.3. The van der Waals surface area contributed by atoms with Crippen molar-refractivity contribution in [1.29, 1.82) is 0 Å². The van der Waals surface area contributed by atoms with Crippen LogP contribution in [0.1, 0.15) is 61.3 Å². The van der Waals surface area contributed by atoms with Crippen molar-refractivity contribution in [2.45, 2.75) is 58.3 Å². The third kappa shape index (κ3) is 6.79. The molecule has 1 aliphatic rings. The highest BCUT2D eigenvalue weighted by atomic mass is 16.5. The third-order valence-electron chi connectivity index (χ3n) is 7.73. The van der Waals surface area contributed by atoms with Crippen LogP contribution in [0.3, 0.4) is 0 Å². The standard InChI is InChI=1S/C32H37N5O6/c1-31(2,41)19-37-25-17-22(36-14-11-21(12-15-36)32(3,4)42)8-9-24(25)34-30(37)35-29(40)20-10-13-33-28(16-20)43-27-7-5-6-26(39)23(27)18-38/h5-10,13,16-18,21,39,41-42H,11-12,14-15,19H2,1-4H3,(H,34,35,40). The van der Waals surface area contributed by atoms with E-state index in [4.69, 9.17) is 4.74 Å². The summed E-state index contributed by atoms with van der Waals surface area (Å²) in [6, 6.07) is 13.3. The lowest BCUT2D eigenvalue weighted by Gasteiger charge is -2.38. The molecule has 226 valence electrons. The average molecular weight is 588 g/mol. The number of fused-ring (bicyclic) bond motifs is 1. The van der Waals surface area contributed by atoms with E-state index in [0.29, 0.717) is 11.8 Å². The van der Waals surface area contributed by atoms with Gasteiger partial charge in [0.15, 0.2) is 6.29 Å². The zero-order valence-corrected chi connectivity index (χ0v) is 24.7. The molecule has 5 rings (SSSR count). The summed E-state index contributed by atoms with van der Waals surface area (Å²) in [5.41, 5.74) is 0.842. The number of aldehydes is 1. The molecule has 0 unspecified atom stereocenters. The van der Waals surface area contributed by atoms with Crippen LogP contribution < -0.4 is 15.0 Å². The Kier molecular flexibility index (Phi) is 8.13. The second-order valence-electron chi connectivity index (χ2n) is 12.2. The van der Waals surface area contributed by atoms with E-state index in [1.54, 1.807) is 18.4 Å². The number of rotatable bonds is 9. The first-order valence-corrected chi connectivity index (χ1v) is 14.2. The van der Waals surface area contributed by atoms with Gasteiger partial charge in [0, 0.05) is 36.6 Å². The van der Waals surface area contributed by atoms with E-state index in [9.17, 15) is 24.9 Å². The quantitative estimate of drug-likeness (QED) is 0.203. The van der Waals surface area contributed by atoms with Crippen molar-refractivity contribution >= 4 is 34.9 Å². The van der Waals surface area contributed by atoms with Gasteiger partial charge in [0.05, 0.1) is 34.3 Å². The highest BCUT2D eigenvalue weighted by Crippen LogP contribution is 2.33. The highest BCUT2D eigenvalue weighted by Gasteiger charge is 2.31. The Bertz CT molecular complexity index is 1640. The van der Waals surface area contributed by atoms with Crippen molar-refractivity contribution in [3.63, 3.8) is 0 Å². The van der Waals surface area contributed by atoms with Crippen molar-refractivity contribution in [3.05, 3.63) is 65.9 Å². The molecule has 1 saturated heterocycles. The normalized spacial score (nSPS) is 14.6. The SMILES string of the molecule is CC(C)(O)Cn1c(NC(=O)c2ccnc(Oc3cccc(O)c3C=O)c2)nc2ccc(N3CCC(C(C)(C)O)CC3)cc21. The van der Waals surface area contributed by atoms with Crippen LogP contribution >= 0.6 is 0 Å². The third-order valence-corrected chi connectivity index (χ3v) is 7.73. The van der Waals surface area contributed by atoms with E-state index in [-0.39, 0.29) is 46.9 Å². The molecule has 2 aromatic heterocycles. The molecule has 4 N–H and O–H groups in total. The van der Waals surface area contributed by atoms with Crippen molar-refractivity contribution in [2.24, 2.45) is 5.92 Å². The Morgan fingerprint density at radius 1 is 1.09 bits per heavy atom. The number of piperidine rings is 1. The van der Waals surface area contributed by atoms with Gasteiger partial charge in [0.2, 0.25) is 11.8 Å². The fourth-order valence-corrected chi connectivity index (χ4v) is 5.43. The molecule has 3 heterocycles. The van der Waals surface area contributed by atoms with Crippen LogP contribution in [-0.4, -0.2) is 66.3 Å². The molecule has 1 fully saturated rings. The van der Waals surface area contributed by atoms with Gasteiger partial charge in [-0.1, -0.05) is 6.07 Å². The lowest BCUT2D eigenvalue weighted by molar-refractivity contribution is 0.00650. The van der Waals surface area contributed by atoms with Crippen LogP contribution in [0.4, 0.5) is 11.6 Å². The minimum atomic E-state index is -1.09. The van der Waals surface area contributed by atoms with Crippen molar-refractivity contribution in [3.8, 4) is 17.4 Å². The second kappa shape index (κ2) is 11.7. The summed E-state index contributed by atoms with van der Waals surface area (Å²) in [5, 5.41) is 34.0. The Balaban J connectivity index is 1.41. The number of carbonyl (C=O) groups excluding carboxylic acids is 2. The number of nitrogens with one attached hydrogen (secondary N) is 1. The predicted octanol–water partition coefficient (Wildman–Crippen LogP) is 4.75. The number of aromatic hydroxyl groups is 1. The van der Waals surface area contributed by atoms with Crippen molar-refractivity contribution in [1.82, 2.24) is 14.5 Å². The molecule has 1 amide bonds. The molecule has 0 aliphatic carbocycles. The van der Waals surface area contributed by atoms with Gasteiger partial charge in [-0.05, 0) is 82.9 Å². The molecule has 11 heteroatoms. The maximum Gasteiger partial charge on any atom is 0.258 e. The number of nitrogens with zero attached hydrogens (tertiary/aromatic N) is 4. The molecule has 0 saturated carbocycles. The Morgan fingerprint density at radius 3 is 2.51 bits per heavy atom. The number of hydrogen-bond donors (Lipinski definition) is 4. The Morgan fingerprint density at radius 2 is 1.84 bits per heavy atom. The van der Waals surface area contributed by atoms with E-state index in [0.717, 1.165) is 37.1 Å². The summed E-state index contributed by atoms with van der Waals surface area (Å²) in [7, 11) is 0. The molecule has 0 bridgehead atoms. The molecule has 0 spiro atoms. The molecule has 11 nitrogen and oxygen atoms in total.